The van der Waals surface area contributed by atoms with Crippen molar-refractivity contribution >= 4 is 22.9 Å². The molecule has 1 atom stereocenters. The van der Waals surface area contributed by atoms with E-state index >= 15 is 0 Å². The minimum Gasteiger partial charge on any atom is -0.478 e. The largest absolute Gasteiger partial charge is 0.478 e. The number of methoxy groups -OCH3 is 2. The Bertz CT molecular complexity index is 1940. The number of nitrogens with zero attached hydrogens (tertiary/aromatic N) is 4. The molecule has 0 saturated heterocycles. The van der Waals surface area contributed by atoms with Gasteiger partial charge in [-0.2, -0.15) is 5.26 Å². The maximum absolute atomic E-state index is 14.3. The average molecular weight is 638 g/mol. The van der Waals surface area contributed by atoms with Crippen LogP contribution in [0.2, 0.25) is 0 Å². The van der Waals surface area contributed by atoms with Gasteiger partial charge in [-0.1, -0.05) is 36.4 Å². The number of carboxylic acids is 1. The first-order valence-corrected chi connectivity index (χ1v) is 14.7. The number of rotatable bonds is 14. The molecule has 240 valence electrons. The Morgan fingerprint density at radius 1 is 1.04 bits per heavy atom. The van der Waals surface area contributed by atoms with Crippen molar-refractivity contribution in [3.63, 3.8) is 0 Å². The molecule has 0 bridgehead atoms. The lowest BCUT2D eigenvalue weighted by Gasteiger charge is -2.18. The summed E-state index contributed by atoms with van der Waals surface area (Å²) in [6.07, 6.45) is -0.459. The van der Waals surface area contributed by atoms with E-state index in [1.54, 1.807) is 31.4 Å². The van der Waals surface area contributed by atoms with Crippen LogP contribution in [0.5, 0.6) is 5.88 Å². The lowest BCUT2D eigenvalue weighted by atomic mass is 10.1. The number of nitrogens with one attached hydrogen (secondary N) is 1. The summed E-state index contributed by atoms with van der Waals surface area (Å²) in [6.45, 7) is 0.749. The maximum Gasteiger partial charge on any atom is 0.335 e. The number of carbonyl (C=O) groups excluding carboxylic acids is 1. The number of aromatic nitrogens is 3. The highest BCUT2D eigenvalue weighted by molar-refractivity contribution is 5.92. The molecule has 3 aromatic carbocycles. The number of carboxylic acid groups (broad SMARTS) is 1. The third-order valence-electron chi connectivity index (χ3n) is 7.50. The molecule has 47 heavy (non-hydrogen) atoms. The Morgan fingerprint density at radius 2 is 1.85 bits per heavy atom. The van der Waals surface area contributed by atoms with Crippen LogP contribution in [0, 0.1) is 17.1 Å². The fourth-order valence-electron chi connectivity index (χ4n) is 4.98. The molecule has 2 aromatic heterocycles. The number of benzene rings is 3. The number of nitriles is 1. The van der Waals surface area contributed by atoms with Gasteiger partial charge in [0.2, 0.25) is 5.88 Å². The smallest absolute Gasteiger partial charge is 0.335 e. The van der Waals surface area contributed by atoms with E-state index in [0.717, 1.165) is 11.1 Å². The van der Waals surface area contributed by atoms with Crippen LogP contribution >= 0.6 is 0 Å². The maximum atomic E-state index is 14.3. The van der Waals surface area contributed by atoms with Gasteiger partial charge < -0.3 is 29.2 Å². The summed E-state index contributed by atoms with van der Waals surface area (Å²) in [5.74, 6) is -0.956. The van der Waals surface area contributed by atoms with Crippen LogP contribution in [0.25, 0.3) is 22.3 Å². The Labute approximate surface area is 270 Å². The average Bonchev–Trinajstić information content (AvgIpc) is 3.42. The minimum absolute atomic E-state index is 0.0410. The first-order valence-electron chi connectivity index (χ1n) is 14.7. The van der Waals surface area contributed by atoms with E-state index in [1.807, 2.05) is 41.0 Å². The number of hydrogen-bond acceptors (Lipinski definition) is 8. The summed E-state index contributed by atoms with van der Waals surface area (Å²) in [5.41, 5.74) is 4.23. The molecule has 2 N–H and O–H groups in total. The highest BCUT2D eigenvalue weighted by atomic mass is 19.1. The number of amides is 1. The number of fused-ring (bicyclic) bond motifs is 1. The predicted octanol–water partition coefficient (Wildman–Crippen LogP) is 4.75. The second kappa shape index (κ2) is 15.1. The molecule has 0 saturated carbocycles. The van der Waals surface area contributed by atoms with Gasteiger partial charge in [-0.25, -0.2) is 19.2 Å². The van der Waals surface area contributed by atoms with Gasteiger partial charge in [-0.15, -0.1) is 0 Å². The van der Waals surface area contributed by atoms with Gasteiger partial charge >= 0.3 is 5.97 Å². The number of imidazole rings is 1. The van der Waals surface area contributed by atoms with Crippen molar-refractivity contribution in [1.29, 1.82) is 5.26 Å². The molecule has 1 unspecified atom stereocenters. The molecule has 5 rings (SSSR count). The predicted molar refractivity (Wildman–Crippen MR) is 170 cm³/mol. The Hall–Kier alpha value is -5.64. The summed E-state index contributed by atoms with van der Waals surface area (Å²) >= 11 is 0. The second-order valence-corrected chi connectivity index (χ2v) is 10.6. The molecule has 11 nitrogen and oxygen atoms in total. The standard InChI is InChI=1S/C35H32FN5O6/c1-45-15-14-38-34(42)31(46-2)20-41-30-18-25(35(43)44)12-13-29(30)39-32(41)17-22-6-9-24(10-7-22)28-4-3-5-33(40-28)47-21-26-11-8-23(19-37)16-27(26)36/h3-13,16,18,31H,14-15,17,20-21H2,1-2H3,(H,38,42)(H,43,44). The van der Waals surface area contributed by atoms with Crippen molar-refractivity contribution in [2.75, 3.05) is 27.4 Å². The van der Waals surface area contributed by atoms with Crippen molar-refractivity contribution in [1.82, 2.24) is 19.9 Å². The number of aromatic carboxylic acids is 1. The molecule has 5 aromatic rings. The van der Waals surface area contributed by atoms with Gasteiger partial charge in [0.05, 0.1) is 47.1 Å². The van der Waals surface area contributed by atoms with Crippen LogP contribution in [0.3, 0.4) is 0 Å². The fraction of sp³-hybridized carbons (Fsp3) is 0.229. The summed E-state index contributed by atoms with van der Waals surface area (Å²) < 4.78 is 32.4. The molecular weight excluding hydrogens is 605 g/mol. The van der Waals surface area contributed by atoms with Crippen molar-refractivity contribution in [3.8, 4) is 23.2 Å². The zero-order chi connectivity index (χ0) is 33.3. The molecular formula is C35H32FN5O6. The zero-order valence-corrected chi connectivity index (χ0v) is 25.8. The Balaban J connectivity index is 1.35. The molecule has 0 fully saturated rings. The molecule has 2 heterocycles. The first kappa shape index (κ1) is 32.7. The zero-order valence-electron chi connectivity index (χ0n) is 25.8. The van der Waals surface area contributed by atoms with Gasteiger partial charge in [0.15, 0.2) is 6.10 Å². The summed E-state index contributed by atoms with van der Waals surface area (Å²) in [4.78, 5) is 33.9. The first-order chi connectivity index (χ1) is 22.8. The number of pyridine rings is 1. The van der Waals surface area contributed by atoms with Gasteiger partial charge in [-0.3, -0.25) is 4.79 Å². The number of halogens is 1. The monoisotopic (exact) mass is 637 g/mol. The van der Waals surface area contributed by atoms with Gasteiger partial charge in [-0.05, 0) is 42.0 Å². The summed E-state index contributed by atoms with van der Waals surface area (Å²) in [7, 11) is 2.99. The van der Waals surface area contributed by atoms with Crippen LogP contribution in [-0.2, 0) is 33.8 Å². The normalized spacial score (nSPS) is 11.6. The van der Waals surface area contributed by atoms with Crippen LogP contribution in [0.15, 0.2) is 78.9 Å². The van der Waals surface area contributed by atoms with E-state index in [-0.39, 0.29) is 30.2 Å². The van der Waals surface area contributed by atoms with E-state index in [1.165, 1.54) is 31.4 Å². The highest BCUT2D eigenvalue weighted by Gasteiger charge is 2.22. The minimum atomic E-state index is -1.07. The Morgan fingerprint density at radius 3 is 2.55 bits per heavy atom. The third-order valence-corrected chi connectivity index (χ3v) is 7.50. The second-order valence-electron chi connectivity index (χ2n) is 10.6. The van der Waals surface area contributed by atoms with Crippen molar-refractivity contribution in [2.45, 2.75) is 25.7 Å². The molecule has 0 aliphatic rings. The van der Waals surface area contributed by atoms with Gasteiger partial charge in [0.1, 0.15) is 18.2 Å². The third kappa shape index (κ3) is 7.96. The van der Waals surface area contributed by atoms with Crippen molar-refractivity contribution < 1.29 is 33.3 Å². The summed E-state index contributed by atoms with van der Waals surface area (Å²) in [6, 6.07) is 23.9. The SMILES string of the molecule is COCCNC(=O)C(Cn1c(Cc2ccc(-c3cccc(OCc4ccc(C#N)cc4F)n3)cc2)nc2ccc(C(=O)O)cc21)OC. The van der Waals surface area contributed by atoms with E-state index in [9.17, 15) is 19.1 Å². The van der Waals surface area contributed by atoms with E-state index in [2.05, 4.69) is 10.3 Å². The lowest BCUT2D eigenvalue weighted by molar-refractivity contribution is -0.131. The molecule has 0 spiro atoms. The van der Waals surface area contributed by atoms with Gasteiger partial charge in [0, 0.05) is 44.4 Å². The van der Waals surface area contributed by atoms with E-state index in [0.29, 0.717) is 53.6 Å². The van der Waals surface area contributed by atoms with Crippen molar-refractivity contribution in [2.24, 2.45) is 0 Å². The molecule has 1 amide bonds. The van der Waals surface area contributed by atoms with Crippen LogP contribution in [0.4, 0.5) is 4.39 Å². The number of ether oxygens (including phenoxy) is 3. The van der Waals surface area contributed by atoms with Crippen molar-refractivity contribution in [3.05, 3.63) is 113 Å². The lowest BCUT2D eigenvalue weighted by Crippen LogP contribution is -2.40. The Kier molecular flexibility index (Phi) is 10.5. The number of hydrogen-bond donors (Lipinski definition) is 2. The topological polar surface area (TPSA) is 149 Å². The van der Waals surface area contributed by atoms with Crippen LogP contribution < -0.4 is 10.1 Å². The fourth-order valence-corrected chi connectivity index (χ4v) is 4.98. The van der Waals surface area contributed by atoms with E-state index in [4.69, 9.17) is 24.5 Å². The molecule has 12 heteroatoms. The molecule has 0 aliphatic carbocycles. The molecule has 0 aliphatic heterocycles. The van der Waals surface area contributed by atoms with Crippen LogP contribution in [0.1, 0.15) is 32.9 Å². The van der Waals surface area contributed by atoms with E-state index < -0.39 is 17.9 Å². The molecule has 0 radical (unpaired) electrons. The van der Waals surface area contributed by atoms with Gasteiger partial charge in [0.25, 0.3) is 5.91 Å². The number of carbonyl (C=O) groups is 2. The van der Waals surface area contributed by atoms with Crippen LogP contribution in [-0.4, -0.2) is 65.0 Å². The quantitative estimate of drug-likeness (QED) is 0.165. The summed E-state index contributed by atoms with van der Waals surface area (Å²) in [5, 5.41) is 21.3. The highest BCUT2D eigenvalue weighted by Crippen LogP contribution is 2.25.